The predicted molar refractivity (Wildman–Crippen MR) is 74.5 cm³/mol. The molecule has 0 spiro atoms. The number of alkyl halides is 2. The van der Waals surface area contributed by atoms with Gasteiger partial charge in [0.2, 0.25) is 0 Å². The van der Waals surface area contributed by atoms with Gasteiger partial charge in [-0.05, 0) is 0 Å². The Morgan fingerprint density at radius 2 is 2.05 bits per heavy atom. The van der Waals surface area contributed by atoms with Gasteiger partial charge in [-0.2, -0.15) is 0 Å². The molecule has 0 aliphatic rings. The van der Waals surface area contributed by atoms with E-state index in [1.165, 1.54) is 23.5 Å². The number of carboxylic acids is 1. The van der Waals surface area contributed by atoms with E-state index < -0.39 is 17.6 Å². The molecular weight excluding hydrogens is 304 g/mol. The minimum atomic E-state index is -2.94. The molecule has 0 saturated heterocycles. The summed E-state index contributed by atoms with van der Waals surface area (Å²) < 4.78 is 28.3. The Hall–Kier alpha value is -1.47. The first-order valence-corrected chi connectivity index (χ1v) is 7.56. The molecule has 1 aromatic heterocycles. The van der Waals surface area contributed by atoms with Crippen LogP contribution in [0.2, 0.25) is 0 Å². The third-order valence-electron chi connectivity index (χ3n) is 2.44. The normalized spacial score (nSPS) is 11.5. The molecule has 0 aliphatic carbocycles. The Morgan fingerprint density at radius 1 is 1.35 bits per heavy atom. The topological polar surface area (TPSA) is 50.2 Å². The predicted octanol–water partition coefficient (Wildman–Crippen LogP) is 3.65. The van der Waals surface area contributed by atoms with Crippen molar-refractivity contribution < 1.29 is 18.7 Å². The zero-order valence-electron chi connectivity index (χ0n) is 10.3. The number of rotatable bonds is 6. The molecule has 0 atom stereocenters. The number of nitrogens with zero attached hydrogens (tertiary/aromatic N) is 1. The molecule has 1 N–H and O–H groups in total. The number of thioether (sulfide) groups is 1. The summed E-state index contributed by atoms with van der Waals surface area (Å²) in [5.41, 5.74) is 0.364. The summed E-state index contributed by atoms with van der Waals surface area (Å²) in [5, 5.41) is 10.2. The van der Waals surface area contributed by atoms with Gasteiger partial charge >= 0.3 is 5.97 Å². The lowest BCUT2D eigenvalue weighted by molar-refractivity contribution is -0.136. The van der Waals surface area contributed by atoms with Gasteiger partial charge in [0, 0.05) is 10.9 Å². The summed E-state index contributed by atoms with van der Waals surface area (Å²) in [6, 6.07) is 7.60. The molecule has 3 nitrogen and oxygen atoms in total. The third-order valence-corrected chi connectivity index (χ3v) is 4.61. The standard InChI is InChI=1S/C13H11F2NO2S2/c14-13(15,9-4-2-1-3-5-9)8-20-12-16-10(7-19-12)6-11(17)18/h1-5,7H,6,8H2,(H,17,18). The molecule has 0 radical (unpaired) electrons. The Balaban J connectivity index is 1.98. The number of halogens is 2. The number of benzene rings is 1. The molecule has 0 fully saturated rings. The van der Waals surface area contributed by atoms with Crippen molar-refractivity contribution in [2.24, 2.45) is 0 Å². The number of hydrogen-bond donors (Lipinski definition) is 1. The molecule has 0 bridgehead atoms. The van der Waals surface area contributed by atoms with Crippen molar-refractivity contribution in [3.05, 3.63) is 47.0 Å². The van der Waals surface area contributed by atoms with Crippen LogP contribution in [0.5, 0.6) is 0 Å². The summed E-state index contributed by atoms with van der Waals surface area (Å²) in [6.07, 6.45) is -0.188. The van der Waals surface area contributed by atoms with Crippen LogP contribution in [0, 0.1) is 0 Å². The lowest BCUT2D eigenvalue weighted by Gasteiger charge is -2.15. The highest BCUT2D eigenvalue weighted by Crippen LogP contribution is 2.35. The van der Waals surface area contributed by atoms with Crippen molar-refractivity contribution in [3.63, 3.8) is 0 Å². The maximum Gasteiger partial charge on any atom is 0.309 e. The fourth-order valence-electron chi connectivity index (χ4n) is 1.51. The monoisotopic (exact) mass is 315 g/mol. The van der Waals surface area contributed by atoms with E-state index >= 15 is 0 Å². The van der Waals surface area contributed by atoms with Crippen LogP contribution in [0.1, 0.15) is 11.3 Å². The van der Waals surface area contributed by atoms with Crippen LogP contribution in [0.4, 0.5) is 8.78 Å². The van der Waals surface area contributed by atoms with Gasteiger partial charge in [-0.15, -0.1) is 11.3 Å². The highest BCUT2D eigenvalue weighted by molar-refractivity contribution is 8.01. The zero-order valence-corrected chi connectivity index (χ0v) is 11.9. The number of carboxylic acid groups (broad SMARTS) is 1. The van der Waals surface area contributed by atoms with E-state index in [4.69, 9.17) is 5.11 Å². The number of aromatic nitrogens is 1. The van der Waals surface area contributed by atoms with Crippen LogP contribution in [0.3, 0.4) is 0 Å². The highest BCUT2D eigenvalue weighted by Gasteiger charge is 2.31. The Kier molecular flexibility index (Phi) is 4.72. The van der Waals surface area contributed by atoms with Gasteiger partial charge in [-0.1, -0.05) is 42.1 Å². The van der Waals surface area contributed by atoms with Crippen molar-refractivity contribution in [1.82, 2.24) is 4.98 Å². The second kappa shape index (κ2) is 6.32. The molecule has 1 aromatic carbocycles. The SMILES string of the molecule is O=C(O)Cc1csc(SCC(F)(F)c2ccccc2)n1. The Labute approximate surface area is 122 Å². The van der Waals surface area contributed by atoms with Crippen molar-refractivity contribution in [2.45, 2.75) is 16.7 Å². The lowest BCUT2D eigenvalue weighted by atomic mass is 10.1. The minimum Gasteiger partial charge on any atom is -0.481 e. The smallest absolute Gasteiger partial charge is 0.309 e. The average Bonchev–Trinajstić information content (AvgIpc) is 2.84. The summed E-state index contributed by atoms with van der Waals surface area (Å²) in [7, 11) is 0. The van der Waals surface area contributed by atoms with E-state index in [0.29, 0.717) is 10.0 Å². The lowest BCUT2D eigenvalue weighted by Crippen LogP contribution is -2.16. The first-order chi connectivity index (χ1) is 9.47. The maximum absolute atomic E-state index is 13.9. The number of aliphatic carboxylic acids is 1. The molecule has 106 valence electrons. The van der Waals surface area contributed by atoms with Crippen LogP contribution >= 0.6 is 23.1 Å². The first-order valence-electron chi connectivity index (χ1n) is 5.70. The molecular formula is C13H11F2NO2S2. The largest absolute Gasteiger partial charge is 0.481 e. The van der Waals surface area contributed by atoms with Crippen molar-refractivity contribution in [2.75, 3.05) is 5.75 Å². The Morgan fingerprint density at radius 3 is 2.70 bits per heavy atom. The first kappa shape index (κ1) is 14.9. The highest BCUT2D eigenvalue weighted by atomic mass is 32.2. The van der Waals surface area contributed by atoms with Crippen LogP contribution in [0.25, 0.3) is 0 Å². The van der Waals surface area contributed by atoms with Gasteiger partial charge in [0.15, 0.2) is 0 Å². The maximum atomic E-state index is 13.9. The van der Waals surface area contributed by atoms with E-state index in [9.17, 15) is 13.6 Å². The second-order valence-electron chi connectivity index (χ2n) is 4.03. The fraction of sp³-hybridized carbons (Fsp3) is 0.231. The van der Waals surface area contributed by atoms with Gasteiger partial charge in [-0.25, -0.2) is 13.8 Å². The van der Waals surface area contributed by atoms with E-state index in [1.807, 2.05) is 0 Å². The number of carbonyl (C=O) groups is 1. The minimum absolute atomic E-state index is 0.0326. The second-order valence-corrected chi connectivity index (χ2v) is 6.11. The van der Waals surface area contributed by atoms with E-state index in [1.54, 1.807) is 23.6 Å². The van der Waals surface area contributed by atoms with E-state index in [0.717, 1.165) is 11.8 Å². The van der Waals surface area contributed by atoms with E-state index in [2.05, 4.69) is 4.98 Å². The van der Waals surface area contributed by atoms with Crippen molar-refractivity contribution >= 4 is 29.1 Å². The average molecular weight is 315 g/mol. The molecule has 2 aromatic rings. The van der Waals surface area contributed by atoms with Gasteiger partial charge < -0.3 is 5.11 Å². The third kappa shape index (κ3) is 4.01. The number of hydrogen-bond acceptors (Lipinski definition) is 4. The van der Waals surface area contributed by atoms with Gasteiger partial charge in [0.25, 0.3) is 5.92 Å². The molecule has 0 unspecified atom stereocenters. The number of thiazole rings is 1. The molecule has 2 rings (SSSR count). The van der Waals surface area contributed by atoms with Gasteiger partial charge in [0.05, 0.1) is 17.9 Å². The quantitative estimate of drug-likeness (QED) is 0.827. The summed E-state index contributed by atoms with van der Waals surface area (Å²) >= 11 is 2.12. The molecule has 1 heterocycles. The van der Waals surface area contributed by atoms with Crippen LogP contribution in [-0.4, -0.2) is 21.8 Å². The van der Waals surface area contributed by atoms with Crippen LogP contribution in [0.15, 0.2) is 40.1 Å². The Bertz CT molecular complexity index is 587. The molecule has 0 saturated carbocycles. The van der Waals surface area contributed by atoms with Crippen molar-refractivity contribution in [3.8, 4) is 0 Å². The van der Waals surface area contributed by atoms with Gasteiger partial charge in [0.1, 0.15) is 4.34 Å². The fourth-order valence-corrected chi connectivity index (χ4v) is 3.30. The zero-order chi connectivity index (χ0) is 14.6. The molecule has 0 aliphatic heterocycles. The van der Waals surface area contributed by atoms with Crippen LogP contribution in [-0.2, 0) is 17.1 Å². The van der Waals surface area contributed by atoms with Gasteiger partial charge in [-0.3, -0.25) is 4.79 Å². The van der Waals surface area contributed by atoms with E-state index in [-0.39, 0.29) is 12.0 Å². The van der Waals surface area contributed by atoms with Crippen LogP contribution < -0.4 is 0 Å². The van der Waals surface area contributed by atoms with Crippen molar-refractivity contribution in [1.29, 1.82) is 0 Å². The summed E-state index contributed by atoms with van der Waals surface area (Å²) in [4.78, 5) is 14.5. The molecule has 0 amide bonds. The molecule has 20 heavy (non-hydrogen) atoms. The summed E-state index contributed by atoms with van der Waals surface area (Å²) in [5.74, 6) is -4.34. The molecule has 7 heteroatoms. The summed E-state index contributed by atoms with van der Waals surface area (Å²) in [6.45, 7) is 0.